The normalized spacial score (nSPS) is 10.2. The Bertz CT molecular complexity index is 5230. The molecule has 536 valence electrons. The van der Waals surface area contributed by atoms with Crippen LogP contribution in [0, 0.1) is 30.3 Å². The number of carbonyl (C=O) groups excluding carboxylic acids is 6. The van der Waals surface area contributed by atoms with E-state index in [1.807, 2.05) is 30.3 Å². The summed E-state index contributed by atoms with van der Waals surface area (Å²) in [5.74, 6) is -5.58. The Morgan fingerprint density at radius 1 is 0.340 bits per heavy atom. The molecule has 0 heterocycles. The van der Waals surface area contributed by atoms with Crippen molar-refractivity contribution in [3.63, 3.8) is 0 Å². The summed E-state index contributed by atoms with van der Waals surface area (Å²) in [7, 11) is 2.43. The molecule has 0 fully saturated rings. The van der Waals surface area contributed by atoms with Crippen LogP contribution in [-0.2, 0) is 9.47 Å². The third kappa shape index (κ3) is 22.5. The van der Waals surface area contributed by atoms with Crippen LogP contribution in [0.2, 0.25) is 20.1 Å². The Kier molecular flexibility index (Phi) is 30.9. The molecule has 0 amide bonds. The minimum absolute atomic E-state index is 0.0175. The molecule has 0 spiro atoms. The van der Waals surface area contributed by atoms with Gasteiger partial charge in [0.25, 0.3) is 17.1 Å². The lowest BCUT2D eigenvalue weighted by molar-refractivity contribution is -0.387. The Labute approximate surface area is 656 Å². The SMILES string of the molecule is Brc1ccccc1.COC(=O)c1ccccc1C(=O)c1ccc(Br)c([N+](=O)[O-])c1.COC(=O)c1ccccc1C(=O)c1ccc(Sc2ccc(Cl)c(Cl)c2)c([N+](=O)[O-])c1.O=C(O)c1ccccc1C(=O)c1ccc(Br)cc1.O=C(O)c1ccccc1C(=O)c1ccc(Sc2ccc(Cl)c(Cl)c2)c([N+](=O)[O-])c1. The second kappa shape index (κ2) is 39.6. The summed E-state index contributed by atoms with van der Waals surface area (Å²) in [5, 5.41) is 53.8. The summed E-state index contributed by atoms with van der Waals surface area (Å²) in [6.45, 7) is 0. The average molecular weight is 1740 g/mol. The second-order valence-corrected chi connectivity index (χ2v) is 27.6. The van der Waals surface area contributed by atoms with Gasteiger partial charge in [-0.3, -0.25) is 49.5 Å². The van der Waals surface area contributed by atoms with Gasteiger partial charge in [0.15, 0.2) is 23.1 Å². The smallest absolute Gasteiger partial charge is 0.338 e. The standard InChI is InChI=1S/C21H13Cl2NO5S.C20H11Cl2NO5S.C15H10BrNO5.C14H9BrO3.C6H5Br/c1-29-21(26)15-5-3-2-4-14(15)20(25)12-6-9-19(18(10-12)24(27)28)30-13-7-8-16(22)17(23)11-13;21-15-7-6-12(10-16(15)22)29-18-8-5-11(9-17(18)23(27)28)19(24)13-3-1-2-4-14(13)20(25)26;1-22-15(19)11-5-3-2-4-10(11)14(18)9-6-7-12(16)13(8-9)17(20)21;15-10-7-5-9(6-8-10)13(16)11-3-1-2-4-12(11)14(17)18;7-6-4-2-1-3-5-6/h2-11H,1H3;1-10H,(H,25,26);2-8H,1H3;1-8H,(H,17,18);1-5H. The number of aromatic carboxylic acids is 2. The van der Waals surface area contributed by atoms with Crippen molar-refractivity contribution in [1.82, 2.24) is 0 Å². The number of nitro benzene ring substituents is 3. The van der Waals surface area contributed by atoms with Gasteiger partial charge in [0.1, 0.15) is 0 Å². The lowest BCUT2D eigenvalue weighted by Gasteiger charge is -2.09. The largest absolute Gasteiger partial charge is 0.478 e. The van der Waals surface area contributed by atoms with Crippen LogP contribution in [0.25, 0.3) is 0 Å². The van der Waals surface area contributed by atoms with E-state index in [1.54, 1.807) is 97.1 Å². The fraction of sp³-hybridized carbons (Fsp3) is 0.0263. The van der Waals surface area contributed by atoms with E-state index < -0.39 is 56.0 Å². The molecule has 2 N–H and O–H groups in total. The van der Waals surface area contributed by atoms with Crippen LogP contribution < -0.4 is 0 Å². The maximum Gasteiger partial charge on any atom is 0.338 e. The molecule has 0 bridgehead atoms. The Balaban J connectivity index is 0.000000194. The quantitative estimate of drug-likeness (QED) is 0.0329. The van der Waals surface area contributed by atoms with Crippen molar-refractivity contribution in [2.75, 3.05) is 14.2 Å². The first-order valence-electron chi connectivity index (χ1n) is 29.9. The van der Waals surface area contributed by atoms with Gasteiger partial charge in [-0.15, -0.1) is 0 Å². The van der Waals surface area contributed by atoms with Crippen LogP contribution in [0.3, 0.4) is 0 Å². The van der Waals surface area contributed by atoms with Crippen molar-refractivity contribution >= 4 is 182 Å². The topological polar surface area (TPSA) is 325 Å². The van der Waals surface area contributed by atoms with Gasteiger partial charge in [0, 0.05) is 81.4 Å². The number of rotatable bonds is 19. The number of carboxylic acids is 2. The number of ketones is 4. The molecule has 21 nitrogen and oxygen atoms in total. The van der Waals surface area contributed by atoms with E-state index in [2.05, 4.69) is 52.5 Å². The summed E-state index contributed by atoms with van der Waals surface area (Å²) < 4.78 is 11.6. The molecule has 11 aromatic carbocycles. The predicted octanol–water partition coefficient (Wildman–Crippen LogP) is 21.3. The minimum atomic E-state index is -1.25. The number of esters is 2. The van der Waals surface area contributed by atoms with Crippen molar-refractivity contribution in [1.29, 1.82) is 0 Å². The first-order chi connectivity index (χ1) is 50.5. The molecule has 0 saturated heterocycles. The minimum Gasteiger partial charge on any atom is -0.478 e. The lowest BCUT2D eigenvalue weighted by Crippen LogP contribution is -2.11. The highest BCUT2D eigenvalue weighted by molar-refractivity contribution is 9.11. The first-order valence-corrected chi connectivity index (χ1v) is 35.5. The zero-order chi connectivity index (χ0) is 77.5. The van der Waals surface area contributed by atoms with Crippen LogP contribution in [0.1, 0.15) is 105 Å². The Morgan fingerprint density at radius 2 is 0.632 bits per heavy atom. The maximum atomic E-state index is 12.9. The number of hydrogen-bond acceptors (Lipinski definition) is 18. The van der Waals surface area contributed by atoms with Crippen molar-refractivity contribution in [2.45, 2.75) is 19.6 Å². The number of carbonyl (C=O) groups is 8. The van der Waals surface area contributed by atoms with E-state index in [1.165, 1.54) is 123 Å². The van der Waals surface area contributed by atoms with Gasteiger partial charge < -0.3 is 19.7 Å². The lowest BCUT2D eigenvalue weighted by atomic mass is 9.98. The monoisotopic (exact) mass is 1730 g/mol. The molecule has 0 saturated carbocycles. The van der Waals surface area contributed by atoms with Gasteiger partial charge in [0.05, 0.1) is 85.6 Å². The van der Waals surface area contributed by atoms with Crippen molar-refractivity contribution in [3.8, 4) is 0 Å². The highest BCUT2D eigenvalue weighted by atomic mass is 79.9. The number of halogens is 7. The zero-order valence-corrected chi connectivity index (χ0v) is 63.7. The van der Waals surface area contributed by atoms with Gasteiger partial charge in [-0.2, -0.15) is 0 Å². The van der Waals surface area contributed by atoms with E-state index >= 15 is 0 Å². The molecule has 11 aromatic rings. The second-order valence-electron chi connectivity index (χ2n) is 21.1. The molecule has 0 aliphatic heterocycles. The fourth-order valence-electron chi connectivity index (χ4n) is 9.21. The molecule has 0 aliphatic rings. The summed E-state index contributed by atoms with van der Waals surface area (Å²) in [5.41, 5.74) is 0.371. The van der Waals surface area contributed by atoms with E-state index in [0.717, 1.165) is 38.5 Å². The van der Waals surface area contributed by atoms with Gasteiger partial charge in [0.2, 0.25) is 0 Å². The predicted molar refractivity (Wildman–Crippen MR) is 413 cm³/mol. The number of nitrogens with zero attached hydrogens (tertiary/aromatic N) is 3. The van der Waals surface area contributed by atoms with Crippen molar-refractivity contribution in [3.05, 3.63) is 373 Å². The zero-order valence-electron chi connectivity index (χ0n) is 54.3. The molecular weight excluding hydrogens is 1690 g/mol. The van der Waals surface area contributed by atoms with Crippen LogP contribution in [-0.4, -0.2) is 86.2 Å². The van der Waals surface area contributed by atoms with Gasteiger partial charge in [-0.1, -0.05) is 193 Å². The van der Waals surface area contributed by atoms with Crippen LogP contribution in [0.15, 0.2) is 276 Å². The Hall–Kier alpha value is -10.5. The molecule has 11 rings (SSSR count). The molecule has 0 atom stereocenters. The number of hydrogen-bond donors (Lipinski definition) is 2. The number of nitro groups is 3. The first kappa shape index (κ1) is 82.8. The third-order valence-corrected chi connectivity index (χ3v) is 19.6. The van der Waals surface area contributed by atoms with E-state index in [0.29, 0.717) is 45.2 Å². The summed E-state index contributed by atoms with van der Waals surface area (Å²) in [4.78, 5) is 131. The number of carboxylic acid groups (broad SMARTS) is 2. The van der Waals surface area contributed by atoms with Gasteiger partial charge in [-0.25, -0.2) is 19.2 Å². The van der Waals surface area contributed by atoms with Crippen LogP contribution in [0.5, 0.6) is 0 Å². The molecule has 0 aliphatic carbocycles. The van der Waals surface area contributed by atoms with Crippen LogP contribution in [0.4, 0.5) is 17.1 Å². The average Bonchev–Trinajstić information content (AvgIpc) is 0.758. The highest BCUT2D eigenvalue weighted by Crippen LogP contribution is 2.40. The number of ether oxygens (including phenoxy) is 2. The van der Waals surface area contributed by atoms with E-state index in [-0.39, 0.29) is 88.5 Å². The number of methoxy groups -OCH3 is 2. The molecule has 0 aromatic heterocycles. The van der Waals surface area contributed by atoms with Gasteiger partial charge >= 0.3 is 23.9 Å². The van der Waals surface area contributed by atoms with Crippen molar-refractivity contribution in [2.24, 2.45) is 0 Å². The molecule has 30 heteroatoms. The molecule has 0 radical (unpaired) electrons. The fourth-order valence-corrected chi connectivity index (χ4v) is 12.8. The van der Waals surface area contributed by atoms with Gasteiger partial charge in [-0.05, 0) is 149 Å². The number of benzene rings is 11. The molecule has 106 heavy (non-hydrogen) atoms. The Morgan fingerprint density at radius 3 is 0.953 bits per heavy atom. The maximum absolute atomic E-state index is 12.9. The molecule has 0 unspecified atom stereocenters. The summed E-state index contributed by atoms with van der Waals surface area (Å²) >= 11 is 35.7. The molecular formula is C76H48Br3Cl4N3O18S2. The van der Waals surface area contributed by atoms with Crippen LogP contribution >= 0.6 is 118 Å². The summed E-state index contributed by atoms with van der Waals surface area (Å²) in [6, 6.07) is 62.9. The highest BCUT2D eigenvalue weighted by Gasteiger charge is 2.27. The van der Waals surface area contributed by atoms with E-state index in [4.69, 9.17) is 56.2 Å². The van der Waals surface area contributed by atoms with Crippen molar-refractivity contribution < 1.29 is 72.8 Å². The van der Waals surface area contributed by atoms with E-state index in [9.17, 15) is 73.8 Å². The summed E-state index contributed by atoms with van der Waals surface area (Å²) in [6.07, 6.45) is 0. The third-order valence-electron chi connectivity index (χ3n) is 14.3.